The number of halogens is 1. The summed E-state index contributed by atoms with van der Waals surface area (Å²) in [5, 5.41) is 0. The monoisotopic (exact) mass is 366 g/mol. The van der Waals surface area contributed by atoms with Crippen molar-refractivity contribution in [2.45, 2.75) is 65.2 Å². The van der Waals surface area contributed by atoms with Crippen molar-refractivity contribution in [3.8, 4) is 0 Å². The van der Waals surface area contributed by atoms with Crippen LogP contribution in [0.4, 0.5) is 0 Å². The number of rotatable bonds is 11. The molecule has 0 heterocycles. The van der Waals surface area contributed by atoms with Gasteiger partial charge in [0, 0.05) is 17.3 Å². The number of carbonyl (C=O) groups excluding carboxylic acids is 2. The Kier molecular flexibility index (Phi) is 9.30. The number of Topliss-reactive ketones (excluding diaryl/α,β-unsaturated/α-hetero) is 2. The zero-order valence-electron chi connectivity index (χ0n) is 13.7. The van der Waals surface area contributed by atoms with Gasteiger partial charge in [-0.1, -0.05) is 61.2 Å². The Morgan fingerprint density at radius 2 is 1.45 bits per heavy atom. The minimum absolute atomic E-state index is 0.113. The molecule has 0 aliphatic heterocycles. The number of aryl methyl sites for hydroxylation is 1. The number of benzene rings is 1. The molecule has 3 heteroatoms. The predicted molar refractivity (Wildman–Crippen MR) is 95.0 cm³/mol. The molecule has 0 fully saturated rings. The molecule has 0 aliphatic carbocycles. The summed E-state index contributed by atoms with van der Waals surface area (Å²) in [5.41, 5.74) is 1.36. The highest BCUT2D eigenvalue weighted by atomic mass is 79.9. The third-order valence-corrected chi connectivity index (χ3v) is 4.62. The van der Waals surface area contributed by atoms with Crippen LogP contribution in [0.2, 0.25) is 0 Å². The Hall–Kier alpha value is -0.960. The summed E-state index contributed by atoms with van der Waals surface area (Å²) >= 11 is 3.44. The number of carbonyl (C=O) groups is 2. The fourth-order valence-electron chi connectivity index (χ4n) is 2.68. The van der Waals surface area contributed by atoms with Gasteiger partial charge >= 0.3 is 0 Å². The summed E-state index contributed by atoms with van der Waals surface area (Å²) < 4.78 is 1.11. The van der Waals surface area contributed by atoms with Crippen LogP contribution in [0, 0.1) is 5.92 Å². The summed E-state index contributed by atoms with van der Waals surface area (Å²) in [4.78, 5) is 23.6. The lowest BCUT2D eigenvalue weighted by molar-refractivity contribution is -0.132. The van der Waals surface area contributed by atoms with Gasteiger partial charge in [0.15, 0.2) is 0 Å². The lowest BCUT2D eigenvalue weighted by atomic mass is 9.90. The Balaban J connectivity index is 2.21. The average molecular weight is 367 g/mol. The molecule has 0 spiro atoms. The van der Waals surface area contributed by atoms with Gasteiger partial charge in [-0.25, -0.2) is 0 Å². The second-order valence-electron chi connectivity index (χ2n) is 5.77. The summed E-state index contributed by atoms with van der Waals surface area (Å²) in [6.07, 6.45) is 7.17. The van der Waals surface area contributed by atoms with Crippen LogP contribution in [-0.4, -0.2) is 11.6 Å². The highest BCUT2D eigenvalue weighted by Gasteiger charge is 2.22. The molecule has 0 N–H and O–H groups in total. The van der Waals surface area contributed by atoms with Gasteiger partial charge in [0.25, 0.3) is 0 Å². The normalized spacial score (nSPS) is 10.9. The van der Waals surface area contributed by atoms with Crippen LogP contribution in [-0.2, 0) is 16.0 Å². The summed E-state index contributed by atoms with van der Waals surface area (Å²) in [6.45, 7) is 3.69. The van der Waals surface area contributed by atoms with E-state index in [4.69, 9.17) is 0 Å². The van der Waals surface area contributed by atoms with Crippen molar-refractivity contribution in [2.75, 3.05) is 0 Å². The standard InChI is InChI=1S/C19H27BrO2/c1-3-18(21)17(19(22)4-2)10-8-6-5-7-9-15-11-13-16(20)14-12-15/h11-14,17H,3-10H2,1-2H3. The zero-order chi connectivity index (χ0) is 16.4. The molecule has 22 heavy (non-hydrogen) atoms. The molecule has 1 rings (SSSR count). The fourth-order valence-corrected chi connectivity index (χ4v) is 2.94. The van der Waals surface area contributed by atoms with Crippen LogP contribution in [0.1, 0.15) is 64.4 Å². The van der Waals surface area contributed by atoms with E-state index in [0.717, 1.165) is 43.0 Å². The quantitative estimate of drug-likeness (QED) is 0.381. The van der Waals surface area contributed by atoms with Crippen LogP contribution in [0.25, 0.3) is 0 Å². The first-order valence-electron chi connectivity index (χ1n) is 8.38. The number of unbranched alkanes of at least 4 members (excludes halogenated alkanes) is 3. The molecule has 0 bridgehead atoms. The first kappa shape index (κ1) is 19.1. The number of hydrogen-bond donors (Lipinski definition) is 0. The van der Waals surface area contributed by atoms with Gasteiger partial charge in [-0.15, -0.1) is 0 Å². The van der Waals surface area contributed by atoms with E-state index in [-0.39, 0.29) is 17.5 Å². The van der Waals surface area contributed by atoms with E-state index < -0.39 is 0 Å². The molecule has 0 aliphatic rings. The molecule has 0 saturated carbocycles. The Labute approximate surface area is 142 Å². The predicted octanol–water partition coefficient (Wildman–Crippen LogP) is 5.52. The maximum atomic E-state index is 11.8. The zero-order valence-corrected chi connectivity index (χ0v) is 15.3. The van der Waals surface area contributed by atoms with E-state index in [1.807, 2.05) is 13.8 Å². The molecule has 2 nitrogen and oxygen atoms in total. The van der Waals surface area contributed by atoms with Gasteiger partial charge in [0.2, 0.25) is 0 Å². The average Bonchev–Trinajstić information content (AvgIpc) is 2.54. The topological polar surface area (TPSA) is 34.1 Å². The highest BCUT2D eigenvalue weighted by Crippen LogP contribution is 2.17. The SMILES string of the molecule is CCC(=O)C(CCCCCCc1ccc(Br)cc1)C(=O)CC. The maximum absolute atomic E-state index is 11.8. The third-order valence-electron chi connectivity index (χ3n) is 4.10. The van der Waals surface area contributed by atoms with Gasteiger partial charge in [-0.2, -0.15) is 0 Å². The van der Waals surface area contributed by atoms with Gasteiger partial charge in [0.05, 0.1) is 5.92 Å². The Morgan fingerprint density at radius 3 is 2.00 bits per heavy atom. The van der Waals surface area contributed by atoms with Gasteiger partial charge < -0.3 is 0 Å². The molecule has 0 atom stereocenters. The molecule has 0 amide bonds. The van der Waals surface area contributed by atoms with Crippen LogP contribution in [0.15, 0.2) is 28.7 Å². The van der Waals surface area contributed by atoms with E-state index >= 15 is 0 Å². The van der Waals surface area contributed by atoms with E-state index in [1.165, 1.54) is 5.56 Å². The van der Waals surface area contributed by atoms with E-state index in [0.29, 0.717) is 12.8 Å². The molecule has 1 aromatic rings. The largest absolute Gasteiger partial charge is 0.299 e. The fraction of sp³-hybridized carbons (Fsp3) is 0.579. The van der Waals surface area contributed by atoms with Crippen molar-refractivity contribution in [1.29, 1.82) is 0 Å². The Bertz CT molecular complexity index is 449. The van der Waals surface area contributed by atoms with Gasteiger partial charge in [-0.05, 0) is 37.0 Å². The van der Waals surface area contributed by atoms with Crippen LogP contribution in [0.5, 0.6) is 0 Å². The molecule has 122 valence electrons. The summed E-state index contributed by atoms with van der Waals surface area (Å²) in [5.74, 6) is -0.120. The minimum Gasteiger partial charge on any atom is -0.299 e. The van der Waals surface area contributed by atoms with Crippen molar-refractivity contribution >= 4 is 27.5 Å². The lowest BCUT2D eigenvalue weighted by Crippen LogP contribution is -2.22. The maximum Gasteiger partial charge on any atom is 0.143 e. The van der Waals surface area contributed by atoms with E-state index in [1.54, 1.807) is 0 Å². The first-order chi connectivity index (χ1) is 10.6. The molecule has 0 saturated heterocycles. The third kappa shape index (κ3) is 6.87. The Morgan fingerprint density at radius 1 is 0.909 bits per heavy atom. The van der Waals surface area contributed by atoms with Gasteiger partial charge in [-0.3, -0.25) is 9.59 Å². The molecular weight excluding hydrogens is 340 g/mol. The van der Waals surface area contributed by atoms with Crippen molar-refractivity contribution in [2.24, 2.45) is 5.92 Å². The van der Waals surface area contributed by atoms with Crippen molar-refractivity contribution in [3.63, 3.8) is 0 Å². The molecule has 1 aromatic carbocycles. The van der Waals surface area contributed by atoms with Crippen molar-refractivity contribution in [1.82, 2.24) is 0 Å². The second-order valence-corrected chi connectivity index (χ2v) is 6.69. The van der Waals surface area contributed by atoms with Crippen LogP contribution in [0.3, 0.4) is 0 Å². The summed E-state index contributed by atoms with van der Waals surface area (Å²) in [6, 6.07) is 8.46. The molecular formula is C19H27BrO2. The number of ketones is 2. The highest BCUT2D eigenvalue weighted by molar-refractivity contribution is 9.10. The molecule has 0 aromatic heterocycles. The smallest absolute Gasteiger partial charge is 0.143 e. The van der Waals surface area contributed by atoms with Gasteiger partial charge in [0.1, 0.15) is 11.6 Å². The van der Waals surface area contributed by atoms with Crippen LogP contribution < -0.4 is 0 Å². The minimum atomic E-state index is -0.346. The van der Waals surface area contributed by atoms with E-state index in [9.17, 15) is 9.59 Å². The molecule has 0 radical (unpaired) electrons. The van der Waals surface area contributed by atoms with Crippen LogP contribution >= 0.6 is 15.9 Å². The first-order valence-corrected chi connectivity index (χ1v) is 9.17. The second kappa shape index (κ2) is 10.7. The lowest BCUT2D eigenvalue weighted by Gasteiger charge is -2.12. The molecule has 0 unspecified atom stereocenters. The van der Waals surface area contributed by atoms with Crippen molar-refractivity contribution in [3.05, 3.63) is 34.3 Å². The number of hydrogen-bond acceptors (Lipinski definition) is 2. The van der Waals surface area contributed by atoms with E-state index in [2.05, 4.69) is 40.2 Å². The summed E-state index contributed by atoms with van der Waals surface area (Å²) in [7, 11) is 0. The van der Waals surface area contributed by atoms with Crippen molar-refractivity contribution < 1.29 is 9.59 Å².